The van der Waals surface area contributed by atoms with Crippen LogP contribution in [0.2, 0.25) is 0 Å². The Balaban J connectivity index is 2.97. The van der Waals surface area contributed by atoms with Crippen molar-refractivity contribution in [3.05, 3.63) is 0 Å². The van der Waals surface area contributed by atoms with Crippen LogP contribution in [0.4, 0.5) is 0 Å². The van der Waals surface area contributed by atoms with Gasteiger partial charge in [-0.05, 0) is 6.92 Å². The highest BCUT2D eigenvalue weighted by Crippen LogP contribution is 1.82. The normalized spacial score (nSPS) is 10.6. The molecule has 0 unspecified atom stereocenters. The minimum Gasteiger partial charge on any atom is -0.387 e. The molecular formula is C12H25NO6. The van der Waals surface area contributed by atoms with E-state index < -0.39 is 12.5 Å². The van der Waals surface area contributed by atoms with Gasteiger partial charge in [-0.25, -0.2) is 0 Å². The lowest BCUT2D eigenvalue weighted by atomic mass is 10.6. The molecule has 0 aliphatic carbocycles. The first-order valence-electron chi connectivity index (χ1n) is 6.49. The van der Waals surface area contributed by atoms with Crippen LogP contribution >= 0.6 is 0 Å². The molecule has 0 radical (unpaired) electrons. The number of aliphatic hydroxyl groups excluding tert-OH is 1. The Kier molecular flexibility index (Phi) is 14.7. The van der Waals surface area contributed by atoms with Crippen molar-refractivity contribution in [3.63, 3.8) is 0 Å². The number of rotatable bonds is 14. The average Bonchev–Trinajstić information content (AvgIpc) is 2.43. The van der Waals surface area contributed by atoms with Gasteiger partial charge in [0.1, 0.15) is 6.61 Å². The van der Waals surface area contributed by atoms with Crippen LogP contribution in [0.25, 0.3) is 0 Å². The third-order valence-electron chi connectivity index (χ3n) is 2.03. The van der Waals surface area contributed by atoms with Crippen LogP contribution in [0.1, 0.15) is 6.92 Å². The Morgan fingerprint density at radius 1 is 0.895 bits per heavy atom. The monoisotopic (exact) mass is 279 g/mol. The van der Waals surface area contributed by atoms with E-state index in [1.54, 1.807) is 0 Å². The van der Waals surface area contributed by atoms with Crippen molar-refractivity contribution in [2.24, 2.45) is 0 Å². The summed E-state index contributed by atoms with van der Waals surface area (Å²) in [4.78, 5) is 10.6. The molecule has 0 atom stereocenters. The standard InChI is InChI=1S/C12H25NO6/c1-2-16-5-6-18-9-10-19-8-7-17-4-3-13-12(15)11-14/h14H,2-11H2,1H3,(H,13,15). The van der Waals surface area contributed by atoms with E-state index in [0.717, 1.165) is 0 Å². The van der Waals surface area contributed by atoms with E-state index in [-0.39, 0.29) is 0 Å². The Morgan fingerprint density at radius 3 is 1.84 bits per heavy atom. The molecule has 19 heavy (non-hydrogen) atoms. The highest BCUT2D eigenvalue weighted by Gasteiger charge is 1.96. The fourth-order valence-corrected chi connectivity index (χ4v) is 1.12. The zero-order chi connectivity index (χ0) is 14.2. The topological polar surface area (TPSA) is 86.3 Å². The van der Waals surface area contributed by atoms with Crippen molar-refractivity contribution in [2.45, 2.75) is 6.92 Å². The first-order valence-corrected chi connectivity index (χ1v) is 6.49. The summed E-state index contributed by atoms with van der Waals surface area (Å²) >= 11 is 0. The molecule has 7 heteroatoms. The Labute approximate surface area is 114 Å². The van der Waals surface area contributed by atoms with E-state index in [4.69, 9.17) is 24.1 Å². The van der Waals surface area contributed by atoms with Gasteiger partial charge in [0.05, 0.1) is 46.2 Å². The maximum absolute atomic E-state index is 10.6. The summed E-state index contributed by atoms with van der Waals surface area (Å²) in [6.07, 6.45) is 0. The Hall–Kier alpha value is -0.730. The van der Waals surface area contributed by atoms with Crippen molar-refractivity contribution in [1.82, 2.24) is 5.32 Å². The summed E-state index contributed by atoms with van der Waals surface area (Å²) in [5.41, 5.74) is 0. The average molecular weight is 279 g/mol. The van der Waals surface area contributed by atoms with Gasteiger partial charge < -0.3 is 29.4 Å². The van der Waals surface area contributed by atoms with Crippen molar-refractivity contribution in [3.8, 4) is 0 Å². The van der Waals surface area contributed by atoms with Gasteiger partial charge in [0.15, 0.2) is 0 Å². The fraction of sp³-hybridized carbons (Fsp3) is 0.917. The zero-order valence-corrected chi connectivity index (χ0v) is 11.6. The summed E-state index contributed by atoms with van der Waals surface area (Å²) in [7, 11) is 0. The third kappa shape index (κ3) is 15.2. The van der Waals surface area contributed by atoms with E-state index in [2.05, 4.69) is 5.32 Å². The third-order valence-corrected chi connectivity index (χ3v) is 2.03. The van der Waals surface area contributed by atoms with Crippen LogP contribution in [0.5, 0.6) is 0 Å². The Bertz CT molecular complexity index is 203. The molecule has 0 aromatic heterocycles. The summed E-state index contributed by atoms with van der Waals surface area (Å²) in [5, 5.41) is 10.9. The highest BCUT2D eigenvalue weighted by molar-refractivity contribution is 5.76. The predicted molar refractivity (Wildman–Crippen MR) is 69.0 cm³/mol. The number of carbonyl (C=O) groups excluding carboxylic acids is 1. The fourth-order valence-electron chi connectivity index (χ4n) is 1.12. The van der Waals surface area contributed by atoms with Gasteiger partial charge in [0.25, 0.3) is 0 Å². The first kappa shape index (κ1) is 18.3. The van der Waals surface area contributed by atoms with Crippen LogP contribution < -0.4 is 5.32 Å². The summed E-state index contributed by atoms with van der Waals surface area (Å²) in [6.45, 7) is 6.16. The molecule has 1 amide bonds. The van der Waals surface area contributed by atoms with Gasteiger partial charge in [-0.15, -0.1) is 0 Å². The molecular weight excluding hydrogens is 254 g/mol. The molecule has 0 saturated carbocycles. The van der Waals surface area contributed by atoms with E-state index in [1.807, 2.05) is 6.92 Å². The molecule has 0 aromatic rings. The minimum absolute atomic E-state index is 0.389. The lowest BCUT2D eigenvalue weighted by Crippen LogP contribution is -2.29. The Morgan fingerprint density at radius 2 is 1.37 bits per heavy atom. The van der Waals surface area contributed by atoms with Gasteiger partial charge in [-0.2, -0.15) is 0 Å². The molecule has 0 heterocycles. The number of hydrogen-bond donors (Lipinski definition) is 2. The molecule has 0 rings (SSSR count). The summed E-state index contributed by atoms with van der Waals surface area (Å²) < 4.78 is 20.8. The van der Waals surface area contributed by atoms with Gasteiger partial charge in [-0.1, -0.05) is 0 Å². The number of hydrogen-bond acceptors (Lipinski definition) is 6. The van der Waals surface area contributed by atoms with Crippen LogP contribution in [0.15, 0.2) is 0 Å². The molecule has 0 saturated heterocycles. The van der Waals surface area contributed by atoms with Crippen LogP contribution in [-0.4, -0.2) is 77.0 Å². The maximum atomic E-state index is 10.6. The number of carbonyl (C=O) groups is 1. The van der Waals surface area contributed by atoms with Crippen molar-refractivity contribution < 1.29 is 28.8 Å². The molecule has 0 spiro atoms. The van der Waals surface area contributed by atoms with Crippen LogP contribution in [0.3, 0.4) is 0 Å². The van der Waals surface area contributed by atoms with Gasteiger partial charge in [0.2, 0.25) is 5.91 Å². The highest BCUT2D eigenvalue weighted by atomic mass is 16.6. The molecule has 0 fully saturated rings. The minimum atomic E-state index is -0.494. The van der Waals surface area contributed by atoms with Gasteiger partial charge >= 0.3 is 0 Å². The van der Waals surface area contributed by atoms with E-state index in [1.165, 1.54) is 0 Å². The van der Waals surface area contributed by atoms with Crippen LogP contribution in [0, 0.1) is 0 Å². The second kappa shape index (κ2) is 15.3. The maximum Gasteiger partial charge on any atom is 0.245 e. The van der Waals surface area contributed by atoms with E-state index in [0.29, 0.717) is 59.4 Å². The molecule has 114 valence electrons. The number of nitrogens with one attached hydrogen (secondary N) is 1. The van der Waals surface area contributed by atoms with Crippen molar-refractivity contribution >= 4 is 5.91 Å². The lowest BCUT2D eigenvalue weighted by molar-refractivity contribution is -0.124. The number of aliphatic hydroxyl groups is 1. The van der Waals surface area contributed by atoms with E-state index >= 15 is 0 Å². The largest absolute Gasteiger partial charge is 0.387 e. The molecule has 0 aromatic carbocycles. The van der Waals surface area contributed by atoms with E-state index in [9.17, 15) is 4.79 Å². The van der Waals surface area contributed by atoms with Gasteiger partial charge in [0, 0.05) is 13.2 Å². The zero-order valence-electron chi connectivity index (χ0n) is 11.6. The van der Waals surface area contributed by atoms with Gasteiger partial charge in [-0.3, -0.25) is 4.79 Å². The molecule has 0 aliphatic rings. The molecule has 0 aliphatic heterocycles. The quantitative estimate of drug-likeness (QED) is 0.404. The molecule has 7 nitrogen and oxygen atoms in total. The molecule has 2 N–H and O–H groups in total. The second-order valence-electron chi connectivity index (χ2n) is 3.54. The first-order chi connectivity index (χ1) is 9.31. The molecule has 0 bridgehead atoms. The van der Waals surface area contributed by atoms with Crippen molar-refractivity contribution in [2.75, 3.05) is 66.0 Å². The number of amides is 1. The summed E-state index contributed by atoms with van der Waals surface area (Å²) in [5.74, 6) is -0.399. The second-order valence-corrected chi connectivity index (χ2v) is 3.54. The SMILES string of the molecule is CCOCCOCCOCCOCCNC(=O)CO. The smallest absolute Gasteiger partial charge is 0.245 e. The number of ether oxygens (including phenoxy) is 4. The lowest BCUT2D eigenvalue weighted by Gasteiger charge is -2.07. The predicted octanol–water partition coefficient (Wildman–Crippen LogP) is -0.819. The van der Waals surface area contributed by atoms with Crippen LogP contribution in [-0.2, 0) is 23.7 Å². The van der Waals surface area contributed by atoms with Crippen molar-refractivity contribution in [1.29, 1.82) is 0 Å². The summed E-state index contributed by atoms with van der Waals surface area (Å²) in [6, 6.07) is 0.